The number of halogens is 3. The van der Waals surface area contributed by atoms with Gasteiger partial charge in [-0.15, -0.1) is 11.3 Å². The van der Waals surface area contributed by atoms with Crippen molar-refractivity contribution in [2.24, 2.45) is 0 Å². The highest BCUT2D eigenvalue weighted by atomic mass is 35.5. The Morgan fingerprint density at radius 3 is 2.69 bits per heavy atom. The van der Waals surface area contributed by atoms with Crippen LogP contribution in [0.5, 0.6) is 5.75 Å². The Kier molecular flexibility index (Phi) is 6.04. The smallest absolute Gasteiger partial charge is 0.301 e. The topological polar surface area (TPSA) is 79.7 Å². The molecule has 0 spiro atoms. The number of anilines is 1. The van der Waals surface area contributed by atoms with Crippen LogP contribution in [0.1, 0.15) is 23.4 Å². The molecule has 2 aromatic heterocycles. The van der Waals surface area contributed by atoms with E-state index < -0.39 is 35.1 Å². The maximum absolute atomic E-state index is 13.8. The first-order valence-electron chi connectivity index (χ1n) is 10.3. The zero-order valence-electron chi connectivity index (χ0n) is 17.9. The Labute approximate surface area is 210 Å². The summed E-state index contributed by atoms with van der Waals surface area (Å²) in [6, 6.07) is 8.94. The van der Waals surface area contributed by atoms with Crippen LogP contribution in [-0.2, 0) is 9.59 Å². The number of fused-ring (bicyclic) bond motifs is 1. The first-order valence-corrected chi connectivity index (χ1v) is 12.4. The van der Waals surface area contributed by atoms with Gasteiger partial charge < -0.3 is 9.84 Å². The molecule has 1 fully saturated rings. The van der Waals surface area contributed by atoms with Gasteiger partial charge in [-0.1, -0.05) is 29.0 Å². The number of hydrogen-bond acceptors (Lipinski definition) is 7. The number of thiazole rings is 1. The number of benzene rings is 2. The molecule has 1 N–H and O–H groups in total. The van der Waals surface area contributed by atoms with Gasteiger partial charge in [0.15, 0.2) is 16.8 Å². The SMILES string of the molecule is CCOc1cc(/C(O)=C2\C(=O)C(=O)N(c3nc4cc(F)c(F)cc4s3)C2c2cccs2)ccc1Cl. The minimum atomic E-state index is -1.07. The minimum absolute atomic E-state index is 0.0793. The van der Waals surface area contributed by atoms with E-state index in [9.17, 15) is 23.5 Å². The molecule has 35 heavy (non-hydrogen) atoms. The highest BCUT2D eigenvalue weighted by Gasteiger charge is 2.48. The highest BCUT2D eigenvalue weighted by molar-refractivity contribution is 7.22. The molecular weight excluding hydrogens is 518 g/mol. The van der Waals surface area contributed by atoms with Gasteiger partial charge in [0.1, 0.15) is 17.6 Å². The Balaban J connectivity index is 1.69. The molecule has 0 saturated carbocycles. The monoisotopic (exact) mass is 532 g/mol. The maximum atomic E-state index is 13.8. The van der Waals surface area contributed by atoms with Gasteiger partial charge in [0.2, 0.25) is 0 Å². The standard InChI is InChI=1S/C24H15ClF2N2O4S2/c1-2-33-16-8-11(5-6-12(16)25)21(30)19-20(17-4-3-7-34-17)29(23(32)22(19)31)24-28-15-9-13(26)14(27)10-18(15)35-24/h3-10,20,30H,2H2,1H3/b21-19+. The number of aromatic nitrogens is 1. The third-order valence-electron chi connectivity index (χ3n) is 5.39. The zero-order chi connectivity index (χ0) is 24.9. The third kappa shape index (κ3) is 3.97. The van der Waals surface area contributed by atoms with E-state index in [4.69, 9.17) is 16.3 Å². The second-order valence-electron chi connectivity index (χ2n) is 7.49. The highest BCUT2D eigenvalue weighted by Crippen LogP contribution is 2.46. The second-order valence-corrected chi connectivity index (χ2v) is 9.89. The number of aliphatic hydroxyl groups excluding tert-OH is 1. The largest absolute Gasteiger partial charge is 0.507 e. The van der Waals surface area contributed by atoms with Gasteiger partial charge in [-0.3, -0.25) is 14.5 Å². The summed E-state index contributed by atoms with van der Waals surface area (Å²) < 4.78 is 33.3. The number of rotatable bonds is 5. The van der Waals surface area contributed by atoms with Crippen LogP contribution in [-0.4, -0.2) is 28.4 Å². The van der Waals surface area contributed by atoms with Gasteiger partial charge in [-0.25, -0.2) is 13.8 Å². The van der Waals surface area contributed by atoms with E-state index in [-0.39, 0.29) is 21.8 Å². The normalized spacial score (nSPS) is 17.5. The number of carbonyl (C=O) groups is 2. The molecular formula is C24H15ClF2N2O4S2. The number of carbonyl (C=O) groups excluding carboxylic acids is 2. The van der Waals surface area contributed by atoms with Gasteiger partial charge in [0.25, 0.3) is 5.78 Å². The lowest BCUT2D eigenvalue weighted by atomic mass is 10.00. The van der Waals surface area contributed by atoms with Crippen LogP contribution in [0, 0.1) is 11.6 Å². The molecule has 1 unspecified atom stereocenters. The van der Waals surface area contributed by atoms with Crippen molar-refractivity contribution in [2.75, 3.05) is 11.5 Å². The molecule has 1 amide bonds. The summed E-state index contributed by atoms with van der Waals surface area (Å²) >= 11 is 8.38. The number of aliphatic hydroxyl groups is 1. The summed E-state index contributed by atoms with van der Waals surface area (Å²) in [6.45, 7) is 2.11. The van der Waals surface area contributed by atoms with Gasteiger partial charge in [0.05, 0.1) is 27.4 Å². The van der Waals surface area contributed by atoms with Crippen LogP contribution in [0.4, 0.5) is 13.9 Å². The number of Topliss-reactive ketones (excluding diaryl/α,β-unsaturated/α-hetero) is 1. The molecule has 1 aliphatic heterocycles. The molecule has 0 bridgehead atoms. The average molecular weight is 533 g/mol. The number of nitrogens with zero attached hydrogens (tertiary/aromatic N) is 2. The van der Waals surface area contributed by atoms with Crippen molar-refractivity contribution in [1.82, 2.24) is 4.98 Å². The maximum Gasteiger partial charge on any atom is 0.301 e. The molecule has 1 aliphatic rings. The van der Waals surface area contributed by atoms with Crippen LogP contribution in [0.2, 0.25) is 5.02 Å². The van der Waals surface area contributed by atoms with Crippen molar-refractivity contribution in [3.8, 4) is 5.75 Å². The van der Waals surface area contributed by atoms with Crippen molar-refractivity contribution < 1.29 is 28.2 Å². The van der Waals surface area contributed by atoms with E-state index in [0.29, 0.717) is 27.0 Å². The summed E-state index contributed by atoms with van der Waals surface area (Å²) in [7, 11) is 0. The van der Waals surface area contributed by atoms with Crippen LogP contribution >= 0.6 is 34.3 Å². The Hall–Kier alpha value is -3.34. The van der Waals surface area contributed by atoms with Crippen LogP contribution in [0.15, 0.2) is 53.4 Å². The van der Waals surface area contributed by atoms with Crippen molar-refractivity contribution in [1.29, 1.82) is 0 Å². The number of ether oxygens (including phenoxy) is 1. The van der Waals surface area contributed by atoms with E-state index in [1.54, 1.807) is 24.4 Å². The third-order valence-corrected chi connectivity index (χ3v) is 7.64. The summed E-state index contributed by atoms with van der Waals surface area (Å²) in [4.78, 5) is 32.4. The Bertz CT molecular complexity index is 1480. The van der Waals surface area contributed by atoms with Gasteiger partial charge in [-0.2, -0.15) is 0 Å². The van der Waals surface area contributed by atoms with Gasteiger partial charge in [-0.05, 0) is 42.6 Å². The number of amides is 1. The Morgan fingerprint density at radius 1 is 1.20 bits per heavy atom. The molecule has 3 heterocycles. The van der Waals surface area contributed by atoms with Crippen molar-refractivity contribution in [2.45, 2.75) is 13.0 Å². The number of ketones is 1. The van der Waals surface area contributed by atoms with Crippen molar-refractivity contribution >= 4 is 67.1 Å². The van der Waals surface area contributed by atoms with Gasteiger partial charge >= 0.3 is 5.91 Å². The summed E-state index contributed by atoms with van der Waals surface area (Å²) in [5, 5.41) is 13.4. The lowest BCUT2D eigenvalue weighted by Crippen LogP contribution is -2.28. The van der Waals surface area contributed by atoms with E-state index in [0.717, 1.165) is 28.4 Å². The second kappa shape index (κ2) is 9.03. The lowest BCUT2D eigenvalue weighted by Gasteiger charge is -2.21. The predicted molar refractivity (Wildman–Crippen MR) is 131 cm³/mol. The Morgan fingerprint density at radius 2 is 1.97 bits per heavy atom. The molecule has 0 aliphatic carbocycles. The molecule has 6 nitrogen and oxygen atoms in total. The lowest BCUT2D eigenvalue weighted by molar-refractivity contribution is -0.132. The summed E-state index contributed by atoms with van der Waals surface area (Å²) in [5.74, 6) is -4.03. The summed E-state index contributed by atoms with van der Waals surface area (Å²) in [5.41, 5.74) is 0.250. The van der Waals surface area contributed by atoms with Gasteiger partial charge in [0, 0.05) is 16.5 Å². The minimum Gasteiger partial charge on any atom is -0.507 e. The quantitative estimate of drug-likeness (QED) is 0.185. The molecule has 4 aromatic rings. The van der Waals surface area contributed by atoms with Crippen LogP contribution in [0.3, 0.4) is 0 Å². The van der Waals surface area contributed by atoms with Crippen LogP contribution in [0.25, 0.3) is 16.0 Å². The van der Waals surface area contributed by atoms with E-state index in [1.165, 1.54) is 29.5 Å². The fourth-order valence-electron chi connectivity index (χ4n) is 3.83. The molecule has 2 aromatic carbocycles. The van der Waals surface area contributed by atoms with Crippen molar-refractivity contribution in [3.05, 3.63) is 80.5 Å². The average Bonchev–Trinajstić information content (AvgIpc) is 3.55. The fourth-order valence-corrected chi connectivity index (χ4v) is 5.83. The molecule has 178 valence electrons. The molecule has 5 rings (SSSR count). The fraction of sp³-hybridized carbons (Fsp3) is 0.125. The summed E-state index contributed by atoms with van der Waals surface area (Å²) in [6.07, 6.45) is 0. The predicted octanol–water partition coefficient (Wildman–Crippen LogP) is 6.31. The molecule has 1 atom stereocenters. The molecule has 0 radical (unpaired) electrons. The first kappa shape index (κ1) is 23.4. The zero-order valence-corrected chi connectivity index (χ0v) is 20.3. The number of thiophene rings is 1. The molecule has 1 saturated heterocycles. The van der Waals surface area contributed by atoms with E-state index in [1.807, 2.05) is 0 Å². The van der Waals surface area contributed by atoms with Crippen LogP contribution < -0.4 is 9.64 Å². The number of hydrogen-bond donors (Lipinski definition) is 1. The molecule has 11 heteroatoms. The first-order chi connectivity index (χ1) is 16.8. The van der Waals surface area contributed by atoms with E-state index in [2.05, 4.69) is 4.98 Å². The van der Waals surface area contributed by atoms with Crippen molar-refractivity contribution in [3.63, 3.8) is 0 Å². The van der Waals surface area contributed by atoms with E-state index >= 15 is 0 Å².